The molecule has 1 atom stereocenters. The third-order valence-corrected chi connectivity index (χ3v) is 1.66. The van der Waals surface area contributed by atoms with E-state index >= 15 is 0 Å². The Labute approximate surface area is 84.8 Å². The summed E-state index contributed by atoms with van der Waals surface area (Å²) in [4.78, 5) is 21.7. The maximum Gasteiger partial charge on any atom is 0.303 e. The summed E-state index contributed by atoms with van der Waals surface area (Å²) >= 11 is 0. The fourth-order valence-electron chi connectivity index (χ4n) is 0.904. The van der Waals surface area contributed by atoms with Crippen LogP contribution >= 0.6 is 0 Å². The van der Waals surface area contributed by atoms with Crippen molar-refractivity contribution in [3.05, 3.63) is 0 Å². The SMILES string of the molecule is CC(=O)OCC#C[C@@H](C)C(=O)C(C)C. The molecule has 0 rings (SSSR count). The van der Waals surface area contributed by atoms with E-state index in [-0.39, 0.29) is 30.2 Å². The lowest BCUT2D eigenvalue weighted by atomic mass is 9.98. The van der Waals surface area contributed by atoms with Crippen LogP contribution in [0.2, 0.25) is 0 Å². The molecule has 14 heavy (non-hydrogen) atoms. The van der Waals surface area contributed by atoms with Crippen LogP contribution in [0.3, 0.4) is 0 Å². The van der Waals surface area contributed by atoms with Gasteiger partial charge >= 0.3 is 5.97 Å². The number of ketones is 1. The second kappa shape index (κ2) is 6.20. The van der Waals surface area contributed by atoms with Crippen molar-refractivity contribution in [2.45, 2.75) is 27.7 Å². The molecule has 0 unspecified atom stereocenters. The first-order valence-electron chi connectivity index (χ1n) is 4.60. The highest BCUT2D eigenvalue weighted by Gasteiger charge is 2.13. The van der Waals surface area contributed by atoms with Crippen LogP contribution < -0.4 is 0 Å². The summed E-state index contributed by atoms with van der Waals surface area (Å²) in [6.45, 7) is 6.82. The van der Waals surface area contributed by atoms with E-state index in [9.17, 15) is 9.59 Å². The molecule has 0 aliphatic carbocycles. The molecule has 3 nitrogen and oxygen atoms in total. The Kier molecular flexibility index (Phi) is 5.62. The first-order valence-corrected chi connectivity index (χ1v) is 4.60. The van der Waals surface area contributed by atoms with Gasteiger partial charge in [-0.25, -0.2) is 0 Å². The Bertz CT molecular complexity index is 268. The molecule has 0 aliphatic rings. The number of hydrogen-bond acceptors (Lipinski definition) is 3. The summed E-state index contributed by atoms with van der Waals surface area (Å²) in [5.41, 5.74) is 0. The molecule has 0 heterocycles. The summed E-state index contributed by atoms with van der Waals surface area (Å²) in [7, 11) is 0. The normalized spacial score (nSPS) is 11.5. The van der Waals surface area contributed by atoms with Gasteiger partial charge in [-0.15, -0.1) is 0 Å². The highest BCUT2D eigenvalue weighted by Crippen LogP contribution is 2.04. The Hall–Kier alpha value is -1.30. The molecule has 0 saturated carbocycles. The van der Waals surface area contributed by atoms with Crippen molar-refractivity contribution in [3.8, 4) is 11.8 Å². The minimum atomic E-state index is -0.359. The lowest BCUT2D eigenvalue weighted by Gasteiger charge is -2.05. The minimum Gasteiger partial charge on any atom is -0.453 e. The number of esters is 1. The van der Waals surface area contributed by atoms with E-state index in [1.807, 2.05) is 13.8 Å². The fourth-order valence-corrected chi connectivity index (χ4v) is 0.904. The number of carbonyl (C=O) groups excluding carboxylic acids is 2. The molecular formula is C11H16O3. The molecule has 0 aromatic rings. The zero-order chi connectivity index (χ0) is 11.1. The molecule has 0 fully saturated rings. The zero-order valence-electron chi connectivity index (χ0n) is 9.09. The first kappa shape index (κ1) is 12.7. The molecule has 3 heteroatoms. The standard InChI is InChI=1S/C11H16O3/c1-8(2)11(13)9(3)6-5-7-14-10(4)12/h8-9H,7H2,1-4H3/t9-/m1/s1. The van der Waals surface area contributed by atoms with Crippen LogP contribution in [0.4, 0.5) is 0 Å². The van der Waals surface area contributed by atoms with Crippen LogP contribution in [0.15, 0.2) is 0 Å². The topological polar surface area (TPSA) is 43.4 Å². The second-order valence-corrected chi connectivity index (χ2v) is 3.38. The van der Waals surface area contributed by atoms with Gasteiger partial charge in [0.2, 0.25) is 0 Å². The van der Waals surface area contributed by atoms with Crippen LogP contribution in [0.1, 0.15) is 27.7 Å². The van der Waals surface area contributed by atoms with Crippen molar-refractivity contribution in [1.82, 2.24) is 0 Å². The van der Waals surface area contributed by atoms with E-state index in [1.54, 1.807) is 6.92 Å². The molecule has 0 N–H and O–H groups in total. The number of rotatable bonds is 3. The maximum absolute atomic E-state index is 11.4. The zero-order valence-corrected chi connectivity index (χ0v) is 9.09. The predicted octanol–water partition coefficient (Wildman–Crippen LogP) is 1.41. The minimum absolute atomic E-state index is 0.00646. The molecule has 0 aromatic heterocycles. The van der Waals surface area contributed by atoms with Crippen LogP contribution in [-0.4, -0.2) is 18.4 Å². The van der Waals surface area contributed by atoms with E-state index < -0.39 is 0 Å². The van der Waals surface area contributed by atoms with Crippen LogP contribution in [0.5, 0.6) is 0 Å². The molecular weight excluding hydrogens is 180 g/mol. The first-order chi connectivity index (χ1) is 6.45. The van der Waals surface area contributed by atoms with Crippen LogP contribution in [-0.2, 0) is 14.3 Å². The Balaban J connectivity index is 3.98. The number of Topliss-reactive ketones (excluding diaryl/α,β-unsaturated/α-hetero) is 1. The highest BCUT2D eigenvalue weighted by atomic mass is 16.5. The third kappa shape index (κ3) is 5.36. The Morgan fingerprint density at radius 2 is 1.86 bits per heavy atom. The van der Waals surface area contributed by atoms with Crippen molar-refractivity contribution in [2.24, 2.45) is 11.8 Å². The quantitative estimate of drug-likeness (QED) is 0.506. The monoisotopic (exact) mass is 196 g/mol. The number of ether oxygens (including phenoxy) is 1. The lowest BCUT2D eigenvalue weighted by molar-refractivity contribution is -0.139. The molecule has 0 spiro atoms. The molecule has 0 radical (unpaired) electrons. The average molecular weight is 196 g/mol. The molecule has 0 amide bonds. The lowest BCUT2D eigenvalue weighted by Crippen LogP contribution is -2.15. The predicted molar refractivity (Wildman–Crippen MR) is 53.4 cm³/mol. The van der Waals surface area contributed by atoms with E-state index in [2.05, 4.69) is 16.6 Å². The summed E-state index contributed by atoms with van der Waals surface area (Å²) in [6, 6.07) is 0. The van der Waals surface area contributed by atoms with Gasteiger partial charge < -0.3 is 4.74 Å². The largest absolute Gasteiger partial charge is 0.453 e. The fraction of sp³-hybridized carbons (Fsp3) is 0.636. The van der Waals surface area contributed by atoms with Gasteiger partial charge in [0, 0.05) is 12.8 Å². The van der Waals surface area contributed by atoms with Crippen molar-refractivity contribution in [1.29, 1.82) is 0 Å². The van der Waals surface area contributed by atoms with Crippen molar-refractivity contribution in [2.75, 3.05) is 6.61 Å². The van der Waals surface area contributed by atoms with E-state index in [0.29, 0.717) is 0 Å². The molecule has 0 aromatic carbocycles. The smallest absolute Gasteiger partial charge is 0.303 e. The van der Waals surface area contributed by atoms with Gasteiger partial charge in [0.25, 0.3) is 0 Å². The van der Waals surface area contributed by atoms with Gasteiger partial charge in [-0.3, -0.25) is 9.59 Å². The summed E-state index contributed by atoms with van der Waals surface area (Å²) in [5.74, 6) is 4.84. The maximum atomic E-state index is 11.4. The molecule has 78 valence electrons. The summed E-state index contributed by atoms with van der Waals surface area (Å²) < 4.78 is 4.61. The average Bonchev–Trinajstić information content (AvgIpc) is 2.10. The molecule has 0 aliphatic heterocycles. The second-order valence-electron chi connectivity index (χ2n) is 3.38. The summed E-state index contributed by atoms with van der Waals surface area (Å²) in [6.07, 6.45) is 0. The van der Waals surface area contributed by atoms with Crippen LogP contribution in [0, 0.1) is 23.7 Å². The van der Waals surface area contributed by atoms with Gasteiger partial charge in [-0.1, -0.05) is 25.7 Å². The Morgan fingerprint density at radius 1 is 1.29 bits per heavy atom. The van der Waals surface area contributed by atoms with Crippen molar-refractivity contribution in [3.63, 3.8) is 0 Å². The number of hydrogen-bond donors (Lipinski definition) is 0. The van der Waals surface area contributed by atoms with Crippen molar-refractivity contribution < 1.29 is 14.3 Å². The van der Waals surface area contributed by atoms with Gasteiger partial charge in [0.15, 0.2) is 6.61 Å². The van der Waals surface area contributed by atoms with E-state index in [0.717, 1.165) is 0 Å². The summed E-state index contributed by atoms with van der Waals surface area (Å²) in [5, 5.41) is 0. The highest BCUT2D eigenvalue weighted by molar-refractivity contribution is 5.84. The number of carbonyl (C=O) groups is 2. The Morgan fingerprint density at radius 3 is 2.29 bits per heavy atom. The van der Waals surface area contributed by atoms with E-state index in [1.165, 1.54) is 6.92 Å². The third-order valence-electron chi connectivity index (χ3n) is 1.66. The van der Waals surface area contributed by atoms with Gasteiger partial charge in [0.1, 0.15) is 5.78 Å². The molecule has 0 bridgehead atoms. The van der Waals surface area contributed by atoms with Gasteiger partial charge in [-0.2, -0.15) is 0 Å². The van der Waals surface area contributed by atoms with Gasteiger partial charge in [-0.05, 0) is 6.92 Å². The van der Waals surface area contributed by atoms with E-state index in [4.69, 9.17) is 0 Å². The van der Waals surface area contributed by atoms with Crippen LogP contribution in [0.25, 0.3) is 0 Å². The van der Waals surface area contributed by atoms with Gasteiger partial charge in [0.05, 0.1) is 5.92 Å². The van der Waals surface area contributed by atoms with Crippen molar-refractivity contribution >= 4 is 11.8 Å². The molecule has 0 saturated heterocycles.